The van der Waals surface area contributed by atoms with E-state index in [-0.39, 0.29) is 23.8 Å². The SMILES string of the molecule is C#Cc1ccccc1C(C(=O)NCCCC)N(C(=O)C(NC(=O)OC(C)(C)C)C(C)C)C(C)CC. The van der Waals surface area contributed by atoms with Crippen molar-refractivity contribution in [3.8, 4) is 12.3 Å². The molecule has 0 radical (unpaired) electrons. The number of nitrogens with one attached hydrogen (secondary N) is 2. The van der Waals surface area contributed by atoms with Crippen LogP contribution in [0.2, 0.25) is 0 Å². The van der Waals surface area contributed by atoms with E-state index < -0.39 is 23.8 Å². The third-order valence-corrected chi connectivity index (χ3v) is 5.69. The van der Waals surface area contributed by atoms with Gasteiger partial charge < -0.3 is 20.3 Å². The van der Waals surface area contributed by atoms with Gasteiger partial charge in [0.25, 0.3) is 0 Å². The quantitative estimate of drug-likeness (QED) is 0.348. The highest BCUT2D eigenvalue weighted by Gasteiger charge is 2.40. The first kappa shape index (κ1) is 30.0. The Labute approximate surface area is 211 Å². The van der Waals surface area contributed by atoms with Crippen molar-refractivity contribution in [3.63, 3.8) is 0 Å². The van der Waals surface area contributed by atoms with E-state index in [4.69, 9.17) is 11.2 Å². The zero-order chi connectivity index (χ0) is 26.8. The summed E-state index contributed by atoms with van der Waals surface area (Å²) < 4.78 is 5.40. The average Bonchev–Trinajstić information content (AvgIpc) is 2.78. The Morgan fingerprint density at radius 1 is 1.11 bits per heavy atom. The molecule has 1 rings (SSSR count). The van der Waals surface area contributed by atoms with Crippen molar-refractivity contribution in [3.05, 3.63) is 35.4 Å². The van der Waals surface area contributed by atoms with E-state index in [0.29, 0.717) is 24.1 Å². The highest BCUT2D eigenvalue weighted by Crippen LogP contribution is 2.29. The van der Waals surface area contributed by atoms with Crippen molar-refractivity contribution in [2.75, 3.05) is 6.54 Å². The standard InChI is InChI=1S/C28H43N3O4/c1-10-13-18-29-25(32)24(22-17-15-14-16-21(22)12-3)31(20(6)11-2)26(33)23(19(4)5)30-27(34)35-28(7,8)9/h3,14-17,19-20,23-24H,10-11,13,18H2,1-2,4-9H3,(H,29,32)(H,30,34). The molecule has 0 aromatic heterocycles. The molecule has 3 unspecified atom stereocenters. The van der Waals surface area contributed by atoms with Gasteiger partial charge in [0, 0.05) is 18.2 Å². The number of amides is 3. The molecule has 0 spiro atoms. The molecule has 0 heterocycles. The maximum absolute atomic E-state index is 14.1. The number of rotatable bonds is 11. The van der Waals surface area contributed by atoms with E-state index in [2.05, 4.69) is 16.6 Å². The van der Waals surface area contributed by atoms with E-state index in [1.54, 1.807) is 49.9 Å². The summed E-state index contributed by atoms with van der Waals surface area (Å²) in [4.78, 5) is 41.8. The highest BCUT2D eigenvalue weighted by molar-refractivity contribution is 5.93. The van der Waals surface area contributed by atoms with E-state index in [9.17, 15) is 14.4 Å². The van der Waals surface area contributed by atoms with Gasteiger partial charge in [-0.15, -0.1) is 6.42 Å². The molecule has 2 N–H and O–H groups in total. The van der Waals surface area contributed by atoms with Gasteiger partial charge in [-0.1, -0.05) is 58.2 Å². The molecule has 3 atom stereocenters. The lowest BCUT2D eigenvalue weighted by Crippen LogP contribution is -2.57. The van der Waals surface area contributed by atoms with Crippen LogP contribution in [0, 0.1) is 18.3 Å². The number of ether oxygens (including phenoxy) is 1. The first-order chi connectivity index (χ1) is 16.4. The summed E-state index contributed by atoms with van der Waals surface area (Å²) in [6.07, 6.45) is 7.45. The van der Waals surface area contributed by atoms with E-state index in [0.717, 1.165) is 12.8 Å². The Morgan fingerprint density at radius 2 is 1.74 bits per heavy atom. The van der Waals surface area contributed by atoms with Crippen LogP contribution in [0.3, 0.4) is 0 Å². The summed E-state index contributed by atoms with van der Waals surface area (Å²) in [5, 5.41) is 5.71. The number of hydrogen-bond donors (Lipinski definition) is 2. The topological polar surface area (TPSA) is 87.7 Å². The van der Waals surface area contributed by atoms with Crippen LogP contribution in [0.25, 0.3) is 0 Å². The molecule has 1 aromatic rings. The minimum absolute atomic E-state index is 0.242. The molecule has 0 aliphatic carbocycles. The van der Waals surface area contributed by atoms with Crippen LogP contribution in [-0.4, -0.2) is 47.0 Å². The van der Waals surface area contributed by atoms with Gasteiger partial charge >= 0.3 is 6.09 Å². The smallest absolute Gasteiger partial charge is 0.408 e. The second-order valence-corrected chi connectivity index (χ2v) is 10.1. The molecule has 0 saturated heterocycles. The third-order valence-electron chi connectivity index (χ3n) is 5.69. The number of carbonyl (C=O) groups excluding carboxylic acids is 3. The van der Waals surface area contributed by atoms with Gasteiger partial charge in [0.15, 0.2) is 0 Å². The molecule has 35 heavy (non-hydrogen) atoms. The molecular weight excluding hydrogens is 442 g/mol. The molecule has 0 saturated carbocycles. The molecular formula is C28H43N3O4. The molecule has 3 amide bonds. The number of carbonyl (C=O) groups is 3. The molecule has 0 fully saturated rings. The largest absolute Gasteiger partial charge is 0.444 e. The lowest BCUT2D eigenvalue weighted by atomic mass is 9.94. The Bertz CT molecular complexity index is 898. The van der Waals surface area contributed by atoms with Crippen LogP contribution in [-0.2, 0) is 14.3 Å². The van der Waals surface area contributed by atoms with Crippen molar-refractivity contribution in [2.45, 2.75) is 98.4 Å². The first-order valence-electron chi connectivity index (χ1n) is 12.5. The summed E-state index contributed by atoms with van der Waals surface area (Å²) in [7, 11) is 0. The molecule has 0 aliphatic rings. The summed E-state index contributed by atoms with van der Waals surface area (Å²) in [6.45, 7) is 15.4. The zero-order valence-electron chi connectivity index (χ0n) is 22.6. The Kier molecular flexibility index (Phi) is 11.8. The molecule has 7 heteroatoms. The van der Waals surface area contributed by atoms with Crippen LogP contribution in [0.15, 0.2) is 24.3 Å². The van der Waals surface area contributed by atoms with Crippen LogP contribution in [0.4, 0.5) is 4.79 Å². The van der Waals surface area contributed by atoms with Crippen molar-refractivity contribution in [2.24, 2.45) is 5.92 Å². The van der Waals surface area contributed by atoms with Crippen LogP contribution in [0.1, 0.15) is 91.8 Å². The van der Waals surface area contributed by atoms with Crippen LogP contribution in [0.5, 0.6) is 0 Å². The van der Waals surface area contributed by atoms with Gasteiger partial charge in [-0.25, -0.2) is 4.79 Å². The predicted octanol–water partition coefficient (Wildman–Crippen LogP) is 4.80. The van der Waals surface area contributed by atoms with E-state index >= 15 is 0 Å². The van der Waals surface area contributed by atoms with Crippen molar-refractivity contribution in [1.29, 1.82) is 0 Å². The summed E-state index contributed by atoms with van der Waals surface area (Å²) in [5.41, 5.74) is 0.418. The third kappa shape index (κ3) is 8.93. The normalized spacial score (nSPS) is 13.8. The Balaban J connectivity index is 3.55. The van der Waals surface area contributed by atoms with Gasteiger partial charge in [0.05, 0.1) is 0 Å². The molecule has 0 aliphatic heterocycles. The van der Waals surface area contributed by atoms with Gasteiger partial charge in [0.1, 0.15) is 17.7 Å². The second-order valence-electron chi connectivity index (χ2n) is 10.1. The number of alkyl carbamates (subject to hydrolysis) is 1. The fourth-order valence-electron chi connectivity index (χ4n) is 3.67. The van der Waals surface area contributed by atoms with Gasteiger partial charge in [-0.3, -0.25) is 9.59 Å². The number of hydrogen-bond acceptors (Lipinski definition) is 4. The van der Waals surface area contributed by atoms with Crippen molar-refractivity contribution < 1.29 is 19.1 Å². The molecule has 7 nitrogen and oxygen atoms in total. The monoisotopic (exact) mass is 485 g/mol. The minimum atomic E-state index is -0.941. The van der Waals surface area contributed by atoms with Gasteiger partial charge in [0.2, 0.25) is 11.8 Å². The number of unbranched alkanes of at least 4 members (excludes halogenated alkanes) is 1. The maximum Gasteiger partial charge on any atom is 0.408 e. The number of benzene rings is 1. The van der Waals surface area contributed by atoms with Crippen LogP contribution < -0.4 is 10.6 Å². The maximum atomic E-state index is 14.1. The predicted molar refractivity (Wildman–Crippen MR) is 140 cm³/mol. The van der Waals surface area contributed by atoms with Crippen LogP contribution >= 0.6 is 0 Å². The minimum Gasteiger partial charge on any atom is -0.444 e. The number of nitrogens with zero attached hydrogens (tertiary/aromatic N) is 1. The highest BCUT2D eigenvalue weighted by atomic mass is 16.6. The van der Waals surface area contributed by atoms with Gasteiger partial charge in [-0.05, 0) is 58.1 Å². The molecule has 1 aromatic carbocycles. The Hall–Kier alpha value is -3.01. The van der Waals surface area contributed by atoms with Crippen molar-refractivity contribution >= 4 is 17.9 Å². The summed E-state index contributed by atoms with van der Waals surface area (Å²) in [6, 6.07) is 5.04. The fraction of sp³-hybridized carbons (Fsp3) is 0.607. The zero-order valence-corrected chi connectivity index (χ0v) is 22.6. The fourth-order valence-corrected chi connectivity index (χ4v) is 3.67. The van der Waals surface area contributed by atoms with Crippen molar-refractivity contribution in [1.82, 2.24) is 15.5 Å². The first-order valence-corrected chi connectivity index (χ1v) is 12.5. The lowest BCUT2D eigenvalue weighted by molar-refractivity contribution is -0.146. The van der Waals surface area contributed by atoms with E-state index in [1.165, 1.54) is 0 Å². The van der Waals surface area contributed by atoms with Gasteiger partial charge in [-0.2, -0.15) is 0 Å². The summed E-state index contributed by atoms with van der Waals surface area (Å²) in [5.74, 6) is 1.75. The van der Waals surface area contributed by atoms with E-state index in [1.807, 2.05) is 34.6 Å². The molecule has 194 valence electrons. The second kappa shape index (κ2) is 13.8. The molecule has 0 bridgehead atoms. The Morgan fingerprint density at radius 3 is 2.26 bits per heavy atom. The summed E-state index contributed by atoms with van der Waals surface area (Å²) >= 11 is 0. The lowest BCUT2D eigenvalue weighted by Gasteiger charge is -2.39. The number of terminal acetylenes is 1. The average molecular weight is 486 g/mol.